The monoisotopic (exact) mass is 218 g/mol. The molecular weight excluding hydrogens is 196 g/mol. The molecule has 2 N–H and O–H groups in total. The number of amides is 1. The summed E-state index contributed by atoms with van der Waals surface area (Å²) in [7, 11) is 0. The van der Waals surface area contributed by atoms with E-state index in [-0.39, 0.29) is 11.9 Å². The van der Waals surface area contributed by atoms with Crippen molar-refractivity contribution in [1.29, 1.82) is 0 Å². The molecule has 84 valence electrons. The molecule has 0 aromatic carbocycles. The van der Waals surface area contributed by atoms with Gasteiger partial charge in [-0.15, -0.1) is 0 Å². The van der Waals surface area contributed by atoms with E-state index in [1.807, 2.05) is 25.6 Å². The molecule has 1 amide bonds. The second-order valence-electron chi connectivity index (χ2n) is 3.36. The fraction of sp³-hybridized carbons (Fsp3) is 0.900. The van der Waals surface area contributed by atoms with Crippen molar-refractivity contribution < 1.29 is 4.79 Å². The van der Waals surface area contributed by atoms with E-state index in [2.05, 4.69) is 16.9 Å². The maximum atomic E-state index is 11.3. The summed E-state index contributed by atoms with van der Waals surface area (Å²) in [6, 6.07) is 0.278. The first-order chi connectivity index (χ1) is 6.70. The van der Waals surface area contributed by atoms with Crippen molar-refractivity contribution in [3.05, 3.63) is 0 Å². The van der Waals surface area contributed by atoms with Crippen molar-refractivity contribution in [2.24, 2.45) is 0 Å². The van der Waals surface area contributed by atoms with Gasteiger partial charge in [0.1, 0.15) is 0 Å². The van der Waals surface area contributed by atoms with E-state index in [9.17, 15) is 4.79 Å². The van der Waals surface area contributed by atoms with Crippen LogP contribution in [0.25, 0.3) is 0 Å². The van der Waals surface area contributed by atoms with Crippen molar-refractivity contribution in [2.75, 3.05) is 25.1 Å². The molecule has 0 fully saturated rings. The molecule has 0 aromatic rings. The maximum Gasteiger partial charge on any atom is 0.221 e. The second kappa shape index (κ2) is 9.34. The zero-order chi connectivity index (χ0) is 10.8. The van der Waals surface area contributed by atoms with Gasteiger partial charge in [0.15, 0.2) is 0 Å². The number of carbonyl (C=O) groups excluding carboxylic acids is 1. The van der Waals surface area contributed by atoms with E-state index in [4.69, 9.17) is 0 Å². The molecule has 0 heterocycles. The molecule has 0 saturated heterocycles. The molecule has 0 aliphatic rings. The molecule has 0 rings (SSSR count). The molecule has 0 aliphatic carbocycles. The molecule has 0 aromatic heterocycles. The minimum absolute atomic E-state index is 0.152. The number of nitrogens with one attached hydrogen (secondary N) is 2. The fourth-order valence-corrected chi connectivity index (χ4v) is 1.65. The summed E-state index contributed by atoms with van der Waals surface area (Å²) in [5.41, 5.74) is 0. The van der Waals surface area contributed by atoms with Gasteiger partial charge in [0.2, 0.25) is 5.91 Å². The molecule has 4 heteroatoms. The van der Waals surface area contributed by atoms with Gasteiger partial charge in [-0.25, -0.2) is 0 Å². The molecule has 14 heavy (non-hydrogen) atoms. The van der Waals surface area contributed by atoms with Crippen LogP contribution < -0.4 is 10.6 Å². The molecule has 0 saturated carbocycles. The van der Waals surface area contributed by atoms with Crippen molar-refractivity contribution in [2.45, 2.75) is 32.7 Å². The number of thioether (sulfide) groups is 1. The maximum absolute atomic E-state index is 11.3. The Morgan fingerprint density at radius 3 is 2.79 bits per heavy atom. The minimum Gasteiger partial charge on any atom is -0.356 e. The van der Waals surface area contributed by atoms with Gasteiger partial charge in [0, 0.05) is 19.0 Å². The van der Waals surface area contributed by atoms with Gasteiger partial charge in [-0.3, -0.25) is 4.79 Å². The zero-order valence-electron chi connectivity index (χ0n) is 9.43. The second-order valence-corrected chi connectivity index (χ2v) is 4.34. The van der Waals surface area contributed by atoms with E-state index in [1.54, 1.807) is 0 Å². The van der Waals surface area contributed by atoms with Crippen LogP contribution in [0, 0.1) is 0 Å². The Hall–Kier alpha value is -0.220. The van der Waals surface area contributed by atoms with Crippen LogP contribution in [0.15, 0.2) is 0 Å². The standard InChI is InChI=1S/C10H22N2OS/c1-4-11-9(2)8-10(13)12-6-5-7-14-3/h9,11H,4-8H2,1-3H3,(H,12,13). The molecule has 3 nitrogen and oxygen atoms in total. The highest BCUT2D eigenvalue weighted by Crippen LogP contribution is 1.94. The predicted octanol–water partition coefficient (Wildman–Crippen LogP) is 1.24. The van der Waals surface area contributed by atoms with E-state index in [0.717, 1.165) is 25.3 Å². The van der Waals surface area contributed by atoms with Crippen molar-refractivity contribution >= 4 is 17.7 Å². The number of hydrogen-bond acceptors (Lipinski definition) is 3. The molecule has 1 unspecified atom stereocenters. The Kier molecular flexibility index (Phi) is 9.19. The Morgan fingerprint density at radius 1 is 1.50 bits per heavy atom. The van der Waals surface area contributed by atoms with Crippen LogP contribution >= 0.6 is 11.8 Å². The van der Waals surface area contributed by atoms with Crippen molar-refractivity contribution in [3.63, 3.8) is 0 Å². The highest BCUT2D eigenvalue weighted by Gasteiger charge is 2.06. The molecule has 0 radical (unpaired) electrons. The molecule has 0 spiro atoms. The first-order valence-corrected chi connectivity index (χ1v) is 6.59. The van der Waals surface area contributed by atoms with Crippen molar-refractivity contribution in [1.82, 2.24) is 10.6 Å². The van der Waals surface area contributed by atoms with Gasteiger partial charge in [-0.05, 0) is 31.9 Å². The van der Waals surface area contributed by atoms with Crippen LogP contribution in [0.1, 0.15) is 26.7 Å². The Labute approximate surface area is 91.4 Å². The Morgan fingerprint density at radius 2 is 2.21 bits per heavy atom. The highest BCUT2D eigenvalue weighted by atomic mass is 32.2. The minimum atomic E-state index is 0.152. The average Bonchev–Trinajstić information content (AvgIpc) is 2.13. The summed E-state index contributed by atoms with van der Waals surface area (Å²) in [5.74, 6) is 1.27. The van der Waals surface area contributed by atoms with Crippen LogP contribution in [-0.4, -0.2) is 37.0 Å². The Balaban J connectivity index is 3.35. The van der Waals surface area contributed by atoms with Gasteiger partial charge in [-0.1, -0.05) is 6.92 Å². The predicted molar refractivity (Wildman–Crippen MR) is 63.8 cm³/mol. The van der Waals surface area contributed by atoms with Gasteiger partial charge >= 0.3 is 0 Å². The number of carbonyl (C=O) groups is 1. The first kappa shape index (κ1) is 13.8. The molecular formula is C10H22N2OS. The Bertz CT molecular complexity index is 153. The summed E-state index contributed by atoms with van der Waals surface area (Å²) in [6.45, 7) is 5.80. The van der Waals surface area contributed by atoms with E-state index in [1.165, 1.54) is 0 Å². The van der Waals surface area contributed by atoms with Gasteiger partial charge in [0.25, 0.3) is 0 Å². The van der Waals surface area contributed by atoms with Crippen LogP contribution in [0.3, 0.4) is 0 Å². The summed E-state index contributed by atoms with van der Waals surface area (Å²) in [4.78, 5) is 11.3. The summed E-state index contributed by atoms with van der Waals surface area (Å²) >= 11 is 1.81. The van der Waals surface area contributed by atoms with E-state index < -0.39 is 0 Å². The zero-order valence-corrected chi connectivity index (χ0v) is 10.2. The molecule has 0 bridgehead atoms. The third kappa shape index (κ3) is 8.38. The van der Waals surface area contributed by atoms with Gasteiger partial charge in [0.05, 0.1) is 0 Å². The fourth-order valence-electron chi connectivity index (χ4n) is 1.22. The van der Waals surface area contributed by atoms with Gasteiger partial charge in [-0.2, -0.15) is 11.8 Å². The van der Waals surface area contributed by atoms with E-state index in [0.29, 0.717) is 6.42 Å². The number of hydrogen-bond donors (Lipinski definition) is 2. The SMILES string of the molecule is CCNC(C)CC(=O)NCCCSC. The normalized spacial score (nSPS) is 12.5. The first-order valence-electron chi connectivity index (χ1n) is 5.19. The third-order valence-corrected chi connectivity index (χ3v) is 2.59. The van der Waals surface area contributed by atoms with Crippen LogP contribution in [0.5, 0.6) is 0 Å². The lowest BCUT2D eigenvalue weighted by atomic mass is 10.2. The summed E-state index contributed by atoms with van der Waals surface area (Å²) < 4.78 is 0. The van der Waals surface area contributed by atoms with Crippen LogP contribution in [0.4, 0.5) is 0 Å². The third-order valence-electron chi connectivity index (χ3n) is 1.89. The van der Waals surface area contributed by atoms with Crippen molar-refractivity contribution in [3.8, 4) is 0 Å². The van der Waals surface area contributed by atoms with Gasteiger partial charge < -0.3 is 10.6 Å². The lowest BCUT2D eigenvalue weighted by molar-refractivity contribution is -0.121. The summed E-state index contributed by atoms with van der Waals surface area (Å²) in [6.07, 6.45) is 3.71. The smallest absolute Gasteiger partial charge is 0.221 e. The average molecular weight is 218 g/mol. The van der Waals surface area contributed by atoms with E-state index >= 15 is 0 Å². The number of rotatable bonds is 8. The lowest BCUT2D eigenvalue weighted by Crippen LogP contribution is -2.34. The topological polar surface area (TPSA) is 41.1 Å². The lowest BCUT2D eigenvalue weighted by Gasteiger charge is -2.11. The molecule has 0 aliphatic heterocycles. The van der Waals surface area contributed by atoms with Crippen LogP contribution in [-0.2, 0) is 4.79 Å². The largest absolute Gasteiger partial charge is 0.356 e. The molecule has 1 atom stereocenters. The van der Waals surface area contributed by atoms with Crippen LogP contribution in [0.2, 0.25) is 0 Å². The highest BCUT2D eigenvalue weighted by molar-refractivity contribution is 7.98. The quantitative estimate of drug-likeness (QED) is 0.602. The summed E-state index contributed by atoms with van der Waals surface area (Å²) in [5, 5.41) is 6.13.